The summed E-state index contributed by atoms with van der Waals surface area (Å²) in [7, 11) is 0. The van der Waals surface area contributed by atoms with Gasteiger partial charge in [0.1, 0.15) is 0 Å². The summed E-state index contributed by atoms with van der Waals surface area (Å²) in [6, 6.07) is 3.02. The highest BCUT2D eigenvalue weighted by Crippen LogP contribution is 2.34. The summed E-state index contributed by atoms with van der Waals surface area (Å²) in [4.78, 5) is 11.6. The molecule has 0 amide bonds. The number of nitrogens with two attached hydrogens (primary N) is 1. The van der Waals surface area contributed by atoms with Crippen LogP contribution in [0.2, 0.25) is 0 Å². The van der Waals surface area contributed by atoms with Crippen LogP contribution in [0.15, 0.2) is 23.1 Å². The minimum Gasteiger partial charge on any atom is -0.466 e. The molecule has 8 heteroatoms. The van der Waals surface area contributed by atoms with E-state index in [1.165, 1.54) is 6.07 Å². The number of hydrogen-bond acceptors (Lipinski definition) is 5. The summed E-state index contributed by atoms with van der Waals surface area (Å²) in [5.74, 6) is -0.389. The number of aliphatic hydroxyl groups is 1. The highest BCUT2D eigenvalue weighted by molar-refractivity contribution is 7.99. The van der Waals surface area contributed by atoms with E-state index in [9.17, 15) is 23.1 Å². The molecule has 4 nitrogen and oxygen atoms in total. The van der Waals surface area contributed by atoms with E-state index in [1.54, 1.807) is 6.92 Å². The number of carbonyl (C=O) groups excluding carboxylic acids is 1. The Hall–Kier alpha value is -1.41. The molecule has 0 aromatic heterocycles. The molecule has 1 unspecified atom stereocenters. The number of thioether (sulfide) groups is 1. The molecule has 0 fully saturated rings. The van der Waals surface area contributed by atoms with Crippen molar-refractivity contribution in [2.45, 2.75) is 30.5 Å². The third-order valence-corrected chi connectivity index (χ3v) is 3.71. The zero-order chi connectivity index (χ0) is 16.0. The standard InChI is InChI=1S/C13H16F3NO3S/c1-2-20-12(19)6-9(18)7-21-11-4-3-8(5-10(11)17)13(14,15)16/h3-5,9,18H,2,6-7,17H2,1H3. The Morgan fingerprint density at radius 3 is 2.67 bits per heavy atom. The highest BCUT2D eigenvalue weighted by atomic mass is 32.2. The third kappa shape index (κ3) is 5.84. The van der Waals surface area contributed by atoms with Gasteiger partial charge in [-0.3, -0.25) is 4.79 Å². The van der Waals surface area contributed by atoms with Crippen molar-refractivity contribution >= 4 is 23.4 Å². The molecule has 21 heavy (non-hydrogen) atoms. The molecular formula is C13H16F3NO3S. The summed E-state index contributed by atoms with van der Waals surface area (Å²) in [6.07, 6.45) is -5.56. The summed E-state index contributed by atoms with van der Waals surface area (Å²) < 4.78 is 42.1. The van der Waals surface area contributed by atoms with Gasteiger partial charge in [-0.15, -0.1) is 11.8 Å². The van der Waals surface area contributed by atoms with E-state index in [1.807, 2.05) is 0 Å². The van der Waals surface area contributed by atoms with E-state index >= 15 is 0 Å². The first-order valence-corrected chi connectivity index (χ1v) is 7.15. The van der Waals surface area contributed by atoms with Crippen molar-refractivity contribution in [3.63, 3.8) is 0 Å². The maximum Gasteiger partial charge on any atom is 0.416 e. The molecule has 118 valence electrons. The van der Waals surface area contributed by atoms with Crippen LogP contribution < -0.4 is 5.73 Å². The van der Waals surface area contributed by atoms with E-state index in [0.29, 0.717) is 4.90 Å². The van der Waals surface area contributed by atoms with E-state index < -0.39 is 23.8 Å². The Bertz CT molecular complexity index is 494. The maximum absolute atomic E-state index is 12.5. The zero-order valence-corrected chi connectivity index (χ0v) is 12.1. The first kappa shape index (κ1) is 17.6. The smallest absolute Gasteiger partial charge is 0.416 e. The van der Waals surface area contributed by atoms with Crippen LogP contribution in [-0.4, -0.2) is 29.5 Å². The number of anilines is 1. The van der Waals surface area contributed by atoms with Gasteiger partial charge in [0, 0.05) is 16.3 Å². The maximum atomic E-state index is 12.5. The van der Waals surface area contributed by atoms with E-state index in [0.717, 1.165) is 23.9 Å². The first-order chi connectivity index (χ1) is 9.74. The predicted molar refractivity (Wildman–Crippen MR) is 73.8 cm³/mol. The molecule has 3 N–H and O–H groups in total. The van der Waals surface area contributed by atoms with Crippen LogP contribution in [-0.2, 0) is 15.7 Å². The molecule has 1 rings (SSSR count). The van der Waals surface area contributed by atoms with Gasteiger partial charge in [-0.2, -0.15) is 13.2 Å². The molecule has 0 aliphatic heterocycles. The van der Waals surface area contributed by atoms with Crippen LogP contribution in [0.25, 0.3) is 0 Å². The largest absolute Gasteiger partial charge is 0.466 e. The molecule has 0 heterocycles. The molecule has 0 aliphatic carbocycles. The monoisotopic (exact) mass is 323 g/mol. The Morgan fingerprint density at radius 1 is 1.48 bits per heavy atom. The van der Waals surface area contributed by atoms with Crippen molar-refractivity contribution < 1.29 is 27.8 Å². The van der Waals surface area contributed by atoms with Crippen LogP contribution in [0.3, 0.4) is 0 Å². The molecule has 0 saturated carbocycles. The van der Waals surface area contributed by atoms with Gasteiger partial charge in [-0.1, -0.05) is 0 Å². The fraction of sp³-hybridized carbons (Fsp3) is 0.462. The Balaban J connectivity index is 2.58. The number of aliphatic hydroxyl groups excluding tert-OH is 1. The van der Waals surface area contributed by atoms with Gasteiger partial charge < -0.3 is 15.6 Å². The number of rotatable bonds is 6. The lowest BCUT2D eigenvalue weighted by atomic mass is 10.2. The van der Waals surface area contributed by atoms with Crippen molar-refractivity contribution in [3.05, 3.63) is 23.8 Å². The first-order valence-electron chi connectivity index (χ1n) is 6.17. The number of nitrogen functional groups attached to an aromatic ring is 1. The average Bonchev–Trinajstić information content (AvgIpc) is 2.36. The lowest BCUT2D eigenvalue weighted by molar-refractivity contribution is -0.145. The highest BCUT2D eigenvalue weighted by Gasteiger charge is 2.30. The van der Waals surface area contributed by atoms with Crippen molar-refractivity contribution in [2.24, 2.45) is 0 Å². The molecule has 0 bridgehead atoms. The molecule has 1 atom stereocenters. The zero-order valence-electron chi connectivity index (χ0n) is 11.3. The average molecular weight is 323 g/mol. The number of carbonyl (C=O) groups is 1. The van der Waals surface area contributed by atoms with Crippen LogP contribution in [0, 0.1) is 0 Å². The van der Waals surface area contributed by atoms with E-state index in [4.69, 9.17) is 5.73 Å². The second kappa shape index (κ2) is 7.56. The fourth-order valence-electron chi connectivity index (χ4n) is 1.51. The number of halogens is 3. The molecule has 1 aromatic carbocycles. The summed E-state index contributed by atoms with van der Waals surface area (Å²) in [5.41, 5.74) is 4.72. The lowest BCUT2D eigenvalue weighted by Gasteiger charge is -2.12. The summed E-state index contributed by atoms with van der Waals surface area (Å²) >= 11 is 1.08. The number of benzene rings is 1. The molecule has 0 aliphatic rings. The van der Waals surface area contributed by atoms with Gasteiger partial charge in [-0.25, -0.2) is 0 Å². The number of alkyl halides is 3. The van der Waals surface area contributed by atoms with Crippen molar-refractivity contribution in [3.8, 4) is 0 Å². The minimum absolute atomic E-state index is 0.0156. The van der Waals surface area contributed by atoms with Crippen molar-refractivity contribution in [2.75, 3.05) is 18.1 Å². The SMILES string of the molecule is CCOC(=O)CC(O)CSc1ccc(C(F)(F)F)cc1N. The second-order valence-corrected chi connectivity index (χ2v) is 5.29. The molecule has 0 spiro atoms. The van der Waals surface area contributed by atoms with Gasteiger partial charge in [-0.05, 0) is 25.1 Å². The van der Waals surface area contributed by atoms with Crippen LogP contribution >= 0.6 is 11.8 Å². The molecular weight excluding hydrogens is 307 g/mol. The lowest BCUT2D eigenvalue weighted by Crippen LogP contribution is -2.18. The van der Waals surface area contributed by atoms with Gasteiger partial charge in [0.25, 0.3) is 0 Å². The van der Waals surface area contributed by atoms with Gasteiger partial charge in [0.05, 0.1) is 24.7 Å². The third-order valence-electron chi connectivity index (χ3n) is 2.48. The predicted octanol–water partition coefficient (Wildman–Crippen LogP) is 2.69. The summed E-state index contributed by atoms with van der Waals surface area (Å²) in [5, 5.41) is 9.64. The van der Waals surface area contributed by atoms with Crippen LogP contribution in [0.5, 0.6) is 0 Å². The van der Waals surface area contributed by atoms with Gasteiger partial charge in [0.2, 0.25) is 0 Å². The van der Waals surface area contributed by atoms with Crippen LogP contribution in [0.4, 0.5) is 18.9 Å². The van der Waals surface area contributed by atoms with E-state index in [-0.39, 0.29) is 24.5 Å². The Morgan fingerprint density at radius 2 is 2.14 bits per heavy atom. The Kier molecular flexibility index (Phi) is 6.35. The quantitative estimate of drug-likeness (QED) is 0.478. The molecule has 0 saturated heterocycles. The molecule has 0 radical (unpaired) electrons. The number of esters is 1. The topological polar surface area (TPSA) is 72.5 Å². The second-order valence-electron chi connectivity index (χ2n) is 4.22. The number of hydrogen-bond donors (Lipinski definition) is 2. The van der Waals surface area contributed by atoms with Gasteiger partial charge in [0.15, 0.2) is 0 Å². The Labute approximate surface area is 124 Å². The van der Waals surface area contributed by atoms with E-state index in [2.05, 4.69) is 4.74 Å². The van der Waals surface area contributed by atoms with Crippen molar-refractivity contribution in [1.82, 2.24) is 0 Å². The summed E-state index contributed by atoms with van der Waals surface area (Å²) in [6.45, 7) is 1.88. The van der Waals surface area contributed by atoms with Crippen molar-refractivity contribution in [1.29, 1.82) is 0 Å². The minimum atomic E-state index is -4.44. The normalized spacial score (nSPS) is 13.0. The fourth-order valence-corrected chi connectivity index (χ4v) is 2.39. The molecule has 1 aromatic rings. The van der Waals surface area contributed by atoms with Gasteiger partial charge >= 0.3 is 12.1 Å². The van der Waals surface area contributed by atoms with Crippen LogP contribution in [0.1, 0.15) is 18.9 Å². The number of ether oxygens (including phenoxy) is 1.